The summed E-state index contributed by atoms with van der Waals surface area (Å²) in [5, 5.41) is 12.1. The summed E-state index contributed by atoms with van der Waals surface area (Å²) in [6.45, 7) is 3.58. The van der Waals surface area contributed by atoms with Gasteiger partial charge in [0.05, 0.1) is 6.07 Å². The van der Waals surface area contributed by atoms with Crippen LogP contribution < -0.4 is 5.32 Å². The minimum atomic E-state index is -0.865. The second-order valence-electron chi connectivity index (χ2n) is 4.75. The van der Waals surface area contributed by atoms with E-state index in [1.54, 1.807) is 25.1 Å². The van der Waals surface area contributed by atoms with Crippen LogP contribution in [-0.2, 0) is 0 Å². The van der Waals surface area contributed by atoms with Gasteiger partial charge in [0.2, 0.25) is 0 Å². The second kappa shape index (κ2) is 5.70. The van der Waals surface area contributed by atoms with Gasteiger partial charge < -0.3 is 5.32 Å². The predicted molar refractivity (Wildman–Crippen MR) is 74.3 cm³/mol. The molecule has 0 saturated carbocycles. The van der Waals surface area contributed by atoms with Gasteiger partial charge in [-0.05, 0) is 43.7 Å². The third-order valence-electron chi connectivity index (χ3n) is 2.94. The summed E-state index contributed by atoms with van der Waals surface area (Å²) < 4.78 is 27.1. The molecule has 1 atom stereocenters. The molecule has 0 bridgehead atoms. The van der Waals surface area contributed by atoms with Gasteiger partial charge in [0.1, 0.15) is 17.7 Å². The van der Waals surface area contributed by atoms with E-state index in [4.69, 9.17) is 0 Å². The highest BCUT2D eigenvalue weighted by Gasteiger charge is 2.15. The third-order valence-corrected chi connectivity index (χ3v) is 2.94. The van der Waals surface area contributed by atoms with Gasteiger partial charge in [-0.25, -0.2) is 8.78 Å². The average Bonchev–Trinajstić information content (AvgIpc) is 2.38. The Labute approximate surface area is 116 Å². The third kappa shape index (κ3) is 3.12. The van der Waals surface area contributed by atoms with Crippen molar-refractivity contribution in [2.24, 2.45) is 0 Å². The first-order valence-electron chi connectivity index (χ1n) is 6.19. The number of anilines is 1. The number of aryl methyl sites for hydroxylation is 2. The maximum Gasteiger partial charge on any atom is 0.143 e. The summed E-state index contributed by atoms with van der Waals surface area (Å²) in [5.74, 6) is -0.850. The van der Waals surface area contributed by atoms with Gasteiger partial charge >= 0.3 is 0 Å². The van der Waals surface area contributed by atoms with Gasteiger partial charge in [-0.1, -0.05) is 17.7 Å². The number of benzene rings is 2. The molecular formula is C16H14F2N2. The SMILES string of the molecule is Cc1cc(F)cc(NC(C#N)c2cc(C)ccc2F)c1. The zero-order valence-electron chi connectivity index (χ0n) is 11.2. The Morgan fingerprint density at radius 1 is 1.05 bits per heavy atom. The van der Waals surface area contributed by atoms with Crippen LogP contribution in [0.5, 0.6) is 0 Å². The van der Waals surface area contributed by atoms with Crippen molar-refractivity contribution in [2.75, 3.05) is 5.32 Å². The molecule has 0 aliphatic rings. The number of rotatable bonds is 3. The normalized spacial score (nSPS) is 11.8. The molecule has 4 heteroatoms. The molecule has 0 saturated heterocycles. The molecule has 0 spiro atoms. The molecule has 1 unspecified atom stereocenters. The standard InChI is InChI=1S/C16H14F2N2/c1-10-3-4-15(18)14(7-10)16(9-19)20-13-6-11(2)5-12(17)8-13/h3-8,16,20H,1-2H3. The lowest BCUT2D eigenvalue weighted by molar-refractivity contribution is 0.606. The minimum absolute atomic E-state index is 0.259. The molecule has 20 heavy (non-hydrogen) atoms. The van der Waals surface area contributed by atoms with Crippen LogP contribution in [0.15, 0.2) is 36.4 Å². The van der Waals surface area contributed by atoms with Crippen molar-refractivity contribution >= 4 is 5.69 Å². The zero-order valence-corrected chi connectivity index (χ0v) is 11.2. The molecule has 0 fully saturated rings. The molecule has 2 aromatic carbocycles. The van der Waals surface area contributed by atoms with Crippen LogP contribution in [0.2, 0.25) is 0 Å². The highest BCUT2D eigenvalue weighted by molar-refractivity contribution is 5.50. The van der Waals surface area contributed by atoms with Crippen LogP contribution in [0.3, 0.4) is 0 Å². The Balaban J connectivity index is 2.34. The monoisotopic (exact) mass is 272 g/mol. The summed E-state index contributed by atoms with van der Waals surface area (Å²) >= 11 is 0. The largest absolute Gasteiger partial charge is 0.366 e. The van der Waals surface area contributed by atoms with Crippen molar-refractivity contribution < 1.29 is 8.78 Å². The summed E-state index contributed by atoms with van der Waals surface area (Å²) in [6.07, 6.45) is 0. The Hall–Kier alpha value is -2.41. The minimum Gasteiger partial charge on any atom is -0.366 e. The van der Waals surface area contributed by atoms with E-state index >= 15 is 0 Å². The zero-order chi connectivity index (χ0) is 14.7. The molecule has 2 nitrogen and oxygen atoms in total. The summed E-state index contributed by atoms with van der Waals surface area (Å²) in [6, 6.07) is 10.1. The molecule has 2 aromatic rings. The van der Waals surface area contributed by atoms with Crippen molar-refractivity contribution in [2.45, 2.75) is 19.9 Å². The number of hydrogen-bond donors (Lipinski definition) is 1. The van der Waals surface area contributed by atoms with Gasteiger partial charge in [0, 0.05) is 11.3 Å². The number of halogens is 2. The number of hydrogen-bond acceptors (Lipinski definition) is 2. The van der Waals surface area contributed by atoms with Crippen molar-refractivity contribution in [3.63, 3.8) is 0 Å². The highest BCUT2D eigenvalue weighted by atomic mass is 19.1. The van der Waals surface area contributed by atoms with E-state index < -0.39 is 17.7 Å². The predicted octanol–water partition coefficient (Wildman–Crippen LogP) is 4.26. The maximum atomic E-state index is 13.8. The Morgan fingerprint density at radius 2 is 1.80 bits per heavy atom. The van der Waals surface area contributed by atoms with Gasteiger partial charge in [0.15, 0.2) is 0 Å². The maximum absolute atomic E-state index is 13.8. The highest BCUT2D eigenvalue weighted by Crippen LogP contribution is 2.24. The molecule has 102 valence electrons. The Morgan fingerprint density at radius 3 is 2.45 bits per heavy atom. The lowest BCUT2D eigenvalue weighted by Crippen LogP contribution is -2.11. The first-order valence-corrected chi connectivity index (χ1v) is 6.19. The van der Waals surface area contributed by atoms with Gasteiger partial charge in [0.25, 0.3) is 0 Å². The molecule has 0 aromatic heterocycles. The number of nitriles is 1. The van der Waals surface area contributed by atoms with E-state index in [0.717, 1.165) is 11.1 Å². The molecule has 0 amide bonds. The molecule has 0 radical (unpaired) electrons. The van der Waals surface area contributed by atoms with Crippen LogP contribution >= 0.6 is 0 Å². The van der Waals surface area contributed by atoms with Gasteiger partial charge in [-0.3, -0.25) is 0 Å². The van der Waals surface area contributed by atoms with E-state index in [1.165, 1.54) is 18.2 Å². The molecule has 0 aliphatic heterocycles. The topological polar surface area (TPSA) is 35.8 Å². The molecule has 2 rings (SSSR count). The fourth-order valence-corrected chi connectivity index (χ4v) is 2.05. The van der Waals surface area contributed by atoms with Crippen molar-refractivity contribution in [3.8, 4) is 6.07 Å². The molecule has 0 heterocycles. The lowest BCUT2D eigenvalue weighted by atomic mass is 10.0. The van der Waals surface area contributed by atoms with E-state index in [0.29, 0.717) is 5.69 Å². The Bertz CT molecular complexity index is 654. The van der Waals surface area contributed by atoms with E-state index in [1.807, 2.05) is 13.0 Å². The average molecular weight is 272 g/mol. The van der Waals surface area contributed by atoms with Crippen molar-refractivity contribution in [1.29, 1.82) is 5.26 Å². The summed E-state index contributed by atoms with van der Waals surface area (Å²) in [7, 11) is 0. The van der Waals surface area contributed by atoms with Crippen LogP contribution in [0.1, 0.15) is 22.7 Å². The number of nitrogens with zero attached hydrogens (tertiary/aromatic N) is 1. The van der Waals surface area contributed by atoms with E-state index in [9.17, 15) is 14.0 Å². The summed E-state index contributed by atoms with van der Waals surface area (Å²) in [4.78, 5) is 0. The molecular weight excluding hydrogens is 258 g/mol. The smallest absolute Gasteiger partial charge is 0.143 e. The van der Waals surface area contributed by atoms with Crippen LogP contribution in [0.25, 0.3) is 0 Å². The van der Waals surface area contributed by atoms with E-state index in [2.05, 4.69) is 5.32 Å². The first-order chi connectivity index (χ1) is 9.49. The van der Waals surface area contributed by atoms with Crippen molar-refractivity contribution in [1.82, 2.24) is 0 Å². The second-order valence-corrected chi connectivity index (χ2v) is 4.75. The van der Waals surface area contributed by atoms with Crippen LogP contribution in [-0.4, -0.2) is 0 Å². The first kappa shape index (κ1) is 14.0. The fourth-order valence-electron chi connectivity index (χ4n) is 2.05. The Kier molecular flexibility index (Phi) is 3.99. The molecule has 1 N–H and O–H groups in total. The summed E-state index contributed by atoms with van der Waals surface area (Å²) in [5.41, 5.74) is 2.30. The molecule has 0 aliphatic carbocycles. The van der Waals surface area contributed by atoms with Crippen LogP contribution in [0.4, 0.5) is 14.5 Å². The quantitative estimate of drug-likeness (QED) is 0.906. The van der Waals surface area contributed by atoms with Gasteiger partial charge in [-0.2, -0.15) is 5.26 Å². The van der Waals surface area contributed by atoms with Crippen LogP contribution in [0, 0.1) is 36.8 Å². The lowest BCUT2D eigenvalue weighted by Gasteiger charge is -2.15. The fraction of sp³-hybridized carbons (Fsp3) is 0.188. The van der Waals surface area contributed by atoms with Crippen molar-refractivity contribution in [3.05, 3.63) is 64.7 Å². The van der Waals surface area contributed by atoms with E-state index in [-0.39, 0.29) is 5.56 Å². The number of nitrogens with one attached hydrogen (secondary N) is 1. The van der Waals surface area contributed by atoms with Gasteiger partial charge in [-0.15, -0.1) is 0 Å².